The molecule has 1 aromatic rings. The van der Waals surface area contributed by atoms with Gasteiger partial charge in [-0.25, -0.2) is 4.79 Å². The second-order valence-corrected chi connectivity index (χ2v) is 7.24. The minimum atomic E-state index is -1.09. The first kappa shape index (κ1) is 18.9. The van der Waals surface area contributed by atoms with E-state index in [1.54, 1.807) is 0 Å². The highest BCUT2D eigenvalue weighted by molar-refractivity contribution is 14.1. The highest BCUT2D eigenvalue weighted by Gasteiger charge is 2.25. The van der Waals surface area contributed by atoms with Gasteiger partial charge in [-0.1, -0.05) is 0 Å². The van der Waals surface area contributed by atoms with Gasteiger partial charge in [0.1, 0.15) is 0 Å². The predicted molar refractivity (Wildman–Crippen MR) is 104 cm³/mol. The first-order valence-electron chi connectivity index (χ1n) is 5.61. The van der Waals surface area contributed by atoms with Gasteiger partial charge in [0.25, 0.3) is 0 Å². The topological polar surface area (TPSA) is 95.5 Å². The van der Waals surface area contributed by atoms with Crippen molar-refractivity contribution in [3.8, 4) is 0 Å². The van der Waals surface area contributed by atoms with Gasteiger partial charge in [-0.2, -0.15) is 0 Å². The van der Waals surface area contributed by atoms with E-state index in [4.69, 9.17) is 0 Å². The fourth-order valence-corrected chi connectivity index (χ4v) is 5.87. The van der Waals surface area contributed by atoms with Crippen molar-refractivity contribution >= 4 is 91.2 Å². The van der Waals surface area contributed by atoms with E-state index in [0.717, 1.165) is 0 Å². The largest absolute Gasteiger partial charge is 0.478 e. The molecular weight excluding hydrogens is 617 g/mol. The van der Waals surface area contributed by atoms with E-state index in [1.807, 2.05) is 67.8 Å². The number of hydrogen-bond donors (Lipinski definition) is 3. The summed E-state index contributed by atoms with van der Waals surface area (Å²) in [6.45, 7) is 1.35. The van der Waals surface area contributed by atoms with E-state index in [9.17, 15) is 19.5 Å². The van der Waals surface area contributed by atoms with Crippen LogP contribution in [0.25, 0.3) is 0 Å². The van der Waals surface area contributed by atoms with Crippen molar-refractivity contribution in [1.82, 2.24) is 5.32 Å². The molecule has 114 valence electrons. The maximum Gasteiger partial charge on any atom is 0.337 e. The van der Waals surface area contributed by atoms with Crippen molar-refractivity contribution in [1.29, 1.82) is 0 Å². The molecule has 9 heteroatoms. The molecule has 0 fully saturated rings. The van der Waals surface area contributed by atoms with E-state index >= 15 is 0 Å². The number of carbonyl (C=O) groups excluding carboxylic acids is 2. The van der Waals surface area contributed by atoms with Gasteiger partial charge in [0.15, 0.2) is 0 Å². The number of anilines is 1. The molecule has 1 aromatic carbocycles. The molecule has 0 radical (unpaired) electrons. The summed E-state index contributed by atoms with van der Waals surface area (Å²) in [6.07, 6.45) is 0.0524. The Hall–Kier alpha value is -0.180. The zero-order valence-corrected chi connectivity index (χ0v) is 17.5. The van der Waals surface area contributed by atoms with Crippen LogP contribution >= 0.6 is 67.8 Å². The lowest BCUT2D eigenvalue weighted by atomic mass is 10.1. The monoisotopic (exact) mass is 628 g/mol. The summed E-state index contributed by atoms with van der Waals surface area (Å²) in [5, 5.41) is 14.5. The minimum absolute atomic E-state index is 0.0524. The van der Waals surface area contributed by atoms with Crippen molar-refractivity contribution < 1.29 is 19.5 Å². The summed E-state index contributed by atoms with van der Waals surface area (Å²) in [5.74, 6) is -1.61. The van der Waals surface area contributed by atoms with Gasteiger partial charge < -0.3 is 15.7 Å². The Balaban J connectivity index is 3.62. The third-order valence-electron chi connectivity index (χ3n) is 2.54. The van der Waals surface area contributed by atoms with E-state index < -0.39 is 5.97 Å². The SMILES string of the molecule is CNC(=O)Cc1c(I)c(NC(C)=O)c(I)c(C(=O)O)c1I. The number of carbonyl (C=O) groups is 3. The molecule has 0 heterocycles. The van der Waals surface area contributed by atoms with Crippen LogP contribution in [0, 0.1) is 10.7 Å². The van der Waals surface area contributed by atoms with Crippen LogP contribution in [-0.4, -0.2) is 29.9 Å². The van der Waals surface area contributed by atoms with Gasteiger partial charge in [0, 0.05) is 21.1 Å². The van der Waals surface area contributed by atoms with Gasteiger partial charge >= 0.3 is 5.97 Å². The maximum atomic E-state index is 11.6. The third-order valence-corrected chi connectivity index (χ3v) is 6.00. The number of hydrogen-bond acceptors (Lipinski definition) is 3. The molecule has 1 rings (SSSR count). The number of halogens is 3. The fraction of sp³-hybridized carbons (Fsp3) is 0.250. The molecule has 6 nitrogen and oxygen atoms in total. The predicted octanol–water partition coefficient (Wildman–Crippen LogP) is 2.45. The molecule has 0 aliphatic carbocycles. The highest BCUT2D eigenvalue weighted by atomic mass is 127. The zero-order valence-electron chi connectivity index (χ0n) is 11.0. The van der Waals surface area contributed by atoms with Crippen LogP contribution in [0.3, 0.4) is 0 Å². The fourth-order valence-electron chi connectivity index (χ4n) is 1.59. The summed E-state index contributed by atoms with van der Waals surface area (Å²) in [6, 6.07) is 0. The standard InChI is InChI=1S/C12H11I3N2O4/c1-4(18)17-11-9(14)5(3-6(19)16-2)8(13)7(10(11)15)12(20)21/h3H2,1-2H3,(H,16,19)(H,17,18)(H,20,21). The molecule has 0 unspecified atom stereocenters. The van der Waals surface area contributed by atoms with Crippen LogP contribution in [0.4, 0.5) is 5.69 Å². The first-order chi connectivity index (χ1) is 9.70. The van der Waals surface area contributed by atoms with Gasteiger partial charge in [0.05, 0.1) is 21.2 Å². The van der Waals surface area contributed by atoms with E-state index in [0.29, 0.717) is 22.0 Å². The maximum absolute atomic E-state index is 11.6. The number of nitrogens with one attached hydrogen (secondary N) is 2. The summed E-state index contributed by atoms with van der Waals surface area (Å²) < 4.78 is 1.63. The summed E-state index contributed by atoms with van der Waals surface area (Å²) >= 11 is 5.84. The number of rotatable bonds is 4. The quantitative estimate of drug-likeness (QED) is 0.447. The molecule has 0 saturated carbocycles. The van der Waals surface area contributed by atoms with Crippen LogP contribution in [0.5, 0.6) is 0 Å². The molecule has 2 amide bonds. The Kier molecular flexibility index (Phi) is 7.09. The number of amides is 2. The van der Waals surface area contributed by atoms with Crippen LogP contribution in [0.1, 0.15) is 22.8 Å². The van der Waals surface area contributed by atoms with E-state index in [2.05, 4.69) is 10.6 Å². The zero-order chi connectivity index (χ0) is 16.3. The van der Waals surface area contributed by atoms with Gasteiger partial charge in [-0.05, 0) is 73.3 Å². The Morgan fingerprint density at radius 2 is 1.67 bits per heavy atom. The smallest absolute Gasteiger partial charge is 0.337 e. The second-order valence-electron chi connectivity index (χ2n) is 4.01. The highest BCUT2D eigenvalue weighted by Crippen LogP contribution is 2.35. The van der Waals surface area contributed by atoms with Crippen LogP contribution in [0.2, 0.25) is 0 Å². The van der Waals surface area contributed by atoms with Crippen molar-refractivity contribution in [2.45, 2.75) is 13.3 Å². The lowest BCUT2D eigenvalue weighted by Crippen LogP contribution is -2.23. The van der Waals surface area contributed by atoms with Crippen molar-refractivity contribution in [3.63, 3.8) is 0 Å². The summed E-state index contributed by atoms with van der Waals surface area (Å²) in [7, 11) is 1.52. The van der Waals surface area contributed by atoms with E-state index in [-0.39, 0.29) is 23.8 Å². The van der Waals surface area contributed by atoms with Crippen LogP contribution < -0.4 is 10.6 Å². The Morgan fingerprint density at radius 3 is 2.10 bits per heavy atom. The average molecular weight is 628 g/mol. The summed E-state index contributed by atoms with van der Waals surface area (Å²) in [4.78, 5) is 34.4. The van der Waals surface area contributed by atoms with Crippen LogP contribution in [0.15, 0.2) is 0 Å². The number of aromatic carboxylic acids is 1. The first-order valence-corrected chi connectivity index (χ1v) is 8.85. The van der Waals surface area contributed by atoms with E-state index in [1.165, 1.54) is 14.0 Å². The molecule has 0 aliphatic heterocycles. The molecule has 0 bridgehead atoms. The Morgan fingerprint density at radius 1 is 1.10 bits per heavy atom. The van der Waals surface area contributed by atoms with Crippen molar-refractivity contribution in [2.75, 3.05) is 12.4 Å². The number of benzene rings is 1. The molecule has 0 atom stereocenters. The van der Waals surface area contributed by atoms with Crippen molar-refractivity contribution in [3.05, 3.63) is 21.8 Å². The van der Waals surface area contributed by atoms with Crippen LogP contribution in [-0.2, 0) is 16.0 Å². The number of carboxylic acids is 1. The lowest BCUT2D eigenvalue weighted by Gasteiger charge is -2.17. The molecule has 3 N–H and O–H groups in total. The summed E-state index contributed by atoms with van der Waals surface area (Å²) in [5.41, 5.74) is 1.12. The van der Waals surface area contributed by atoms with Gasteiger partial charge in [0.2, 0.25) is 11.8 Å². The lowest BCUT2D eigenvalue weighted by molar-refractivity contribution is -0.120. The molecular formula is C12H11I3N2O4. The van der Waals surface area contributed by atoms with Gasteiger partial charge in [-0.15, -0.1) is 0 Å². The molecule has 0 saturated heterocycles. The molecule has 0 spiro atoms. The molecule has 21 heavy (non-hydrogen) atoms. The normalized spacial score (nSPS) is 10.1. The van der Waals surface area contributed by atoms with Gasteiger partial charge in [-0.3, -0.25) is 9.59 Å². The Bertz CT molecular complexity index is 632. The molecule has 0 aliphatic rings. The average Bonchev–Trinajstić information content (AvgIpc) is 2.38. The van der Waals surface area contributed by atoms with Crippen molar-refractivity contribution in [2.24, 2.45) is 0 Å². The minimum Gasteiger partial charge on any atom is -0.478 e. The molecule has 0 aromatic heterocycles. The Labute approximate surface area is 162 Å². The second kappa shape index (κ2) is 7.89. The third kappa shape index (κ3) is 4.40. The number of carboxylic acid groups (broad SMARTS) is 1. The number of likely N-dealkylation sites (N-methyl/N-ethyl adjacent to an activating group) is 1.